The highest BCUT2D eigenvalue weighted by molar-refractivity contribution is 7.97. The Bertz CT molecular complexity index is 565. The molecule has 0 aliphatic rings. The molecule has 4 heteroatoms. The van der Waals surface area contributed by atoms with Gasteiger partial charge >= 0.3 is 0 Å². The van der Waals surface area contributed by atoms with Crippen LogP contribution in [0.4, 0.5) is 5.69 Å². The molecule has 3 N–H and O–H groups in total. The molecule has 0 aliphatic heterocycles. The number of nitrogens with one attached hydrogen (secondary N) is 1. The summed E-state index contributed by atoms with van der Waals surface area (Å²) in [4.78, 5) is 1.29. The van der Waals surface area contributed by atoms with Gasteiger partial charge in [-0.15, -0.1) is 0 Å². The van der Waals surface area contributed by atoms with Crippen molar-refractivity contribution in [2.45, 2.75) is 31.8 Å². The first-order chi connectivity index (χ1) is 10.7. The molecule has 2 aromatic carbocycles. The van der Waals surface area contributed by atoms with Crippen LogP contribution < -0.4 is 11.1 Å². The van der Waals surface area contributed by atoms with Gasteiger partial charge in [-0.25, -0.2) is 4.31 Å². The lowest BCUT2D eigenvalue weighted by atomic mass is 10.1. The second-order valence-corrected chi connectivity index (χ2v) is 6.32. The number of nitrogens with two attached hydrogens (primary N) is 1. The van der Waals surface area contributed by atoms with E-state index in [9.17, 15) is 0 Å². The number of nitrogens with zero attached hydrogens (tertiary/aromatic N) is 1. The molecular formula is C18H25N3S. The van der Waals surface area contributed by atoms with E-state index in [0.29, 0.717) is 0 Å². The molecule has 2 aromatic rings. The van der Waals surface area contributed by atoms with Crippen molar-refractivity contribution in [3.63, 3.8) is 0 Å². The maximum atomic E-state index is 5.95. The molecule has 0 atom stereocenters. The number of rotatable bonds is 8. The number of anilines is 1. The molecule has 0 heterocycles. The molecule has 0 saturated carbocycles. The minimum absolute atomic E-state index is 0.794. The van der Waals surface area contributed by atoms with Crippen molar-refractivity contribution in [3.05, 3.63) is 59.7 Å². The zero-order chi connectivity index (χ0) is 15.8. The number of nitrogen functional groups attached to an aromatic ring is 1. The van der Waals surface area contributed by atoms with Crippen molar-refractivity contribution in [1.82, 2.24) is 9.62 Å². The fourth-order valence-corrected chi connectivity index (χ4v) is 3.02. The highest BCUT2D eigenvalue weighted by Gasteiger charge is 2.02. The second-order valence-electron chi connectivity index (χ2n) is 5.15. The fourth-order valence-electron chi connectivity index (χ4n) is 2.21. The van der Waals surface area contributed by atoms with Crippen LogP contribution in [-0.2, 0) is 13.1 Å². The van der Waals surface area contributed by atoms with E-state index in [0.717, 1.165) is 37.4 Å². The number of hydrogen-bond donors (Lipinski definition) is 2. The second kappa shape index (κ2) is 8.83. The Labute approximate surface area is 138 Å². The Morgan fingerprint density at radius 3 is 2.27 bits per heavy atom. The van der Waals surface area contributed by atoms with Crippen LogP contribution in [0.2, 0.25) is 0 Å². The smallest absolute Gasteiger partial charge is 0.0359 e. The lowest BCUT2D eigenvalue weighted by Gasteiger charge is -2.16. The predicted octanol–water partition coefficient (Wildman–Crippen LogP) is 3.91. The molecule has 0 aromatic heterocycles. The van der Waals surface area contributed by atoms with Crippen LogP contribution in [0.15, 0.2) is 53.4 Å². The summed E-state index contributed by atoms with van der Waals surface area (Å²) in [5, 5.41) is 3.44. The van der Waals surface area contributed by atoms with Crippen LogP contribution in [0, 0.1) is 0 Å². The van der Waals surface area contributed by atoms with Gasteiger partial charge in [-0.1, -0.05) is 44.2 Å². The fraction of sp³-hybridized carbons (Fsp3) is 0.333. The van der Waals surface area contributed by atoms with Crippen LogP contribution >= 0.6 is 11.9 Å². The maximum absolute atomic E-state index is 5.95. The van der Waals surface area contributed by atoms with Gasteiger partial charge in [-0.3, -0.25) is 0 Å². The molecule has 0 bridgehead atoms. The summed E-state index contributed by atoms with van der Waals surface area (Å²) in [5.41, 5.74) is 9.23. The van der Waals surface area contributed by atoms with E-state index in [1.807, 2.05) is 30.1 Å². The van der Waals surface area contributed by atoms with E-state index >= 15 is 0 Å². The van der Waals surface area contributed by atoms with Gasteiger partial charge in [0.25, 0.3) is 0 Å². The van der Waals surface area contributed by atoms with Crippen molar-refractivity contribution in [2.75, 3.05) is 18.8 Å². The van der Waals surface area contributed by atoms with Gasteiger partial charge in [-0.05, 0) is 41.3 Å². The average Bonchev–Trinajstić information content (AvgIpc) is 2.56. The summed E-state index contributed by atoms with van der Waals surface area (Å²) in [6.07, 6.45) is 0. The SMILES string of the molecule is CCN(CC)Sc1ccc(CNCc2ccccc2N)cc1. The first-order valence-corrected chi connectivity index (χ1v) is 8.56. The predicted molar refractivity (Wildman–Crippen MR) is 96.6 cm³/mol. The van der Waals surface area contributed by atoms with E-state index in [2.05, 4.69) is 53.8 Å². The van der Waals surface area contributed by atoms with Gasteiger partial charge in [0.1, 0.15) is 0 Å². The standard InChI is InChI=1S/C18H25N3S/c1-3-21(4-2)22-17-11-9-15(10-12-17)13-20-14-16-7-5-6-8-18(16)19/h5-12,20H,3-4,13-14,19H2,1-2H3. The van der Waals surface area contributed by atoms with Gasteiger partial charge in [0.05, 0.1) is 0 Å². The van der Waals surface area contributed by atoms with E-state index in [1.165, 1.54) is 10.5 Å². The average molecular weight is 315 g/mol. The number of hydrogen-bond acceptors (Lipinski definition) is 4. The van der Waals surface area contributed by atoms with E-state index in [-0.39, 0.29) is 0 Å². The van der Waals surface area contributed by atoms with Crippen LogP contribution in [0.1, 0.15) is 25.0 Å². The van der Waals surface area contributed by atoms with Gasteiger partial charge in [-0.2, -0.15) is 0 Å². The summed E-state index contributed by atoms with van der Waals surface area (Å²) in [6.45, 7) is 8.13. The molecule has 0 spiro atoms. The monoisotopic (exact) mass is 315 g/mol. The lowest BCUT2D eigenvalue weighted by Crippen LogP contribution is -2.14. The molecule has 22 heavy (non-hydrogen) atoms. The Morgan fingerprint density at radius 1 is 0.955 bits per heavy atom. The van der Waals surface area contributed by atoms with Crippen molar-refractivity contribution in [2.24, 2.45) is 0 Å². The molecule has 118 valence electrons. The minimum Gasteiger partial charge on any atom is -0.398 e. The lowest BCUT2D eigenvalue weighted by molar-refractivity contribution is 0.525. The Balaban J connectivity index is 1.83. The van der Waals surface area contributed by atoms with Gasteiger partial charge in [0.15, 0.2) is 0 Å². The molecule has 0 radical (unpaired) electrons. The largest absolute Gasteiger partial charge is 0.398 e. The first kappa shape index (κ1) is 16.9. The highest BCUT2D eigenvalue weighted by atomic mass is 32.2. The minimum atomic E-state index is 0.794. The number of benzene rings is 2. The topological polar surface area (TPSA) is 41.3 Å². The van der Waals surface area contributed by atoms with Crippen molar-refractivity contribution in [3.8, 4) is 0 Å². The van der Waals surface area contributed by atoms with Crippen molar-refractivity contribution < 1.29 is 0 Å². The van der Waals surface area contributed by atoms with Crippen molar-refractivity contribution in [1.29, 1.82) is 0 Å². The highest BCUT2D eigenvalue weighted by Crippen LogP contribution is 2.22. The van der Waals surface area contributed by atoms with Crippen LogP contribution in [0.25, 0.3) is 0 Å². The van der Waals surface area contributed by atoms with E-state index in [1.54, 1.807) is 0 Å². The Kier molecular flexibility index (Phi) is 6.77. The molecule has 2 rings (SSSR count). The van der Waals surface area contributed by atoms with Gasteiger partial charge < -0.3 is 11.1 Å². The normalized spacial score (nSPS) is 11.0. The third-order valence-electron chi connectivity index (χ3n) is 3.56. The Morgan fingerprint density at radius 2 is 1.64 bits per heavy atom. The summed E-state index contributed by atoms with van der Waals surface area (Å²) >= 11 is 1.82. The van der Waals surface area contributed by atoms with E-state index < -0.39 is 0 Å². The molecule has 0 saturated heterocycles. The molecule has 3 nitrogen and oxygen atoms in total. The molecular weight excluding hydrogens is 290 g/mol. The van der Waals surface area contributed by atoms with Crippen molar-refractivity contribution >= 4 is 17.6 Å². The van der Waals surface area contributed by atoms with Gasteiger partial charge in [0, 0.05) is 36.8 Å². The maximum Gasteiger partial charge on any atom is 0.0359 e. The quantitative estimate of drug-likeness (QED) is 0.572. The molecule has 0 aliphatic carbocycles. The molecule has 0 amide bonds. The summed E-state index contributed by atoms with van der Waals surface area (Å²) in [5.74, 6) is 0. The van der Waals surface area contributed by atoms with Crippen LogP contribution in [0.5, 0.6) is 0 Å². The third kappa shape index (κ3) is 5.05. The summed E-state index contributed by atoms with van der Waals surface area (Å²) < 4.78 is 2.34. The molecule has 0 unspecified atom stereocenters. The summed E-state index contributed by atoms with van der Waals surface area (Å²) in [6, 6.07) is 16.7. The summed E-state index contributed by atoms with van der Waals surface area (Å²) in [7, 11) is 0. The molecule has 0 fully saturated rings. The Hall–Kier alpha value is -1.49. The zero-order valence-electron chi connectivity index (χ0n) is 13.4. The first-order valence-electron chi connectivity index (χ1n) is 7.78. The van der Waals surface area contributed by atoms with E-state index in [4.69, 9.17) is 5.73 Å². The van der Waals surface area contributed by atoms with Crippen LogP contribution in [0.3, 0.4) is 0 Å². The third-order valence-corrected chi connectivity index (χ3v) is 4.82. The van der Waals surface area contributed by atoms with Crippen LogP contribution in [-0.4, -0.2) is 17.4 Å². The number of para-hydroxylation sites is 1. The zero-order valence-corrected chi connectivity index (χ0v) is 14.2. The van der Waals surface area contributed by atoms with Gasteiger partial charge in [0.2, 0.25) is 0 Å².